The molecule has 0 saturated carbocycles. The molecule has 1 unspecified atom stereocenters. The van der Waals surface area contributed by atoms with E-state index in [-0.39, 0.29) is 0 Å². The first-order valence-corrected chi connectivity index (χ1v) is 5.29. The molecule has 1 atom stereocenters. The van der Waals surface area contributed by atoms with Gasteiger partial charge in [-0.25, -0.2) is 0 Å². The lowest BCUT2D eigenvalue weighted by atomic mass is 9.94. The lowest BCUT2D eigenvalue weighted by molar-refractivity contribution is 0.347. The van der Waals surface area contributed by atoms with Gasteiger partial charge >= 0.3 is 0 Å². The zero-order valence-electron chi connectivity index (χ0n) is 8.23. The van der Waals surface area contributed by atoms with Crippen LogP contribution in [0.1, 0.15) is 32.1 Å². The Morgan fingerprint density at radius 1 is 1.42 bits per heavy atom. The van der Waals surface area contributed by atoms with E-state index < -0.39 is 0 Å². The predicted molar refractivity (Wildman–Crippen MR) is 53.4 cm³/mol. The molecule has 1 aliphatic heterocycles. The zero-order chi connectivity index (χ0) is 8.65. The summed E-state index contributed by atoms with van der Waals surface area (Å²) in [5.74, 6) is 0.968. The second-order valence-electron chi connectivity index (χ2n) is 3.81. The molecular formula is C10H22N2. The number of hydrogen-bond donors (Lipinski definition) is 2. The fourth-order valence-electron chi connectivity index (χ4n) is 1.91. The maximum Gasteiger partial charge on any atom is -0.00205 e. The van der Waals surface area contributed by atoms with Crippen molar-refractivity contribution in [1.29, 1.82) is 0 Å². The van der Waals surface area contributed by atoms with Crippen molar-refractivity contribution in [2.75, 3.05) is 26.7 Å². The molecule has 1 fully saturated rings. The molecule has 0 aliphatic carbocycles. The standard InChI is InChI=1S/C10H22N2/c1-11-7-3-2-5-10-6-4-8-12-9-10/h10-12H,2-9H2,1H3. The van der Waals surface area contributed by atoms with Crippen LogP contribution in [0.4, 0.5) is 0 Å². The molecule has 0 spiro atoms. The molecule has 12 heavy (non-hydrogen) atoms. The smallest absolute Gasteiger partial charge is 0.00205 e. The van der Waals surface area contributed by atoms with Crippen LogP contribution in [0.2, 0.25) is 0 Å². The van der Waals surface area contributed by atoms with Crippen molar-refractivity contribution >= 4 is 0 Å². The molecule has 2 N–H and O–H groups in total. The molecular weight excluding hydrogens is 148 g/mol. The quantitative estimate of drug-likeness (QED) is 0.609. The van der Waals surface area contributed by atoms with E-state index in [4.69, 9.17) is 0 Å². The Balaban J connectivity index is 1.91. The number of unbranched alkanes of at least 4 members (excludes halogenated alkanes) is 1. The fourth-order valence-corrected chi connectivity index (χ4v) is 1.91. The fraction of sp³-hybridized carbons (Fsp3) is 1.00. The van der Waals surface area contributed by atoms with Crippen molar-refractivity contribution in [2.45, 2.75) is 32.1 Å². The summed E-state index contributed by atoms with van der Waals surface area (Å²) in [6.07, 6.45) is 7.00. The Hall–Kier alpha value is -0.0800. The van der Waals surface area contributed by atoms with E-state index in [0.29, 0.717) is 0 Å². The van der Waals surface area contributed by atoms with Crippen molar-refractivity contribution in [3.05, 3.63) is 0 Å². The molecule has 2 heteroatoms. The van der Waals surface area contributed by atoms with Gasteiger partial charge in [0.2, 0.25) is 0 Å². The van der Waals surface area contributed by atoms with Gasteiger partial charge in [-0.15, -0.1) is 0 Å². The van der Waals surface area contributed by atoms with E-state index in [1.807, 2.05) is 7.05 Å². The topological polar surface area (TPSA) is 24.1 Å². The number of rotatable bonds is 5. The van der Waals surface area contributed by atoms with Gasteiger partial charge in [0.15, 0.2) is 0 Å². The maximum absolute atomic E-state index is 3.46. The monoisotopic (exact) mass is 170 g/mol. The third-order valence-electron chi connectivity index (χ3n) is 2.69. The Morgan fingerprint density at radius 2 is 2.33 bits per heavy atom. The van der Waals surface area contributed by atoms with Gasteiger partial charge in [-0.2, -0.15) is 0 Å². The van der Waals surface area contributed by atoms with Crippen molar-refractivity contribution in [3.63, 3.8) is 0 Å². The summed E-state index contributed by atoms with van der Waals surface area (Å²) in [7, 11) is 2.03. The third-order valence-corrected chi connectivity index (χ3v) is 2.69. The summed E-state index contributed by atoms with van der Waals surface area (Å²) in [5, 5.41) is 6.65. The van der Waals surface area contributed by atoms with Crippen LogP contribution < -0.4 is 10.6 Å². The summed E-state index contributed by atoms with van der Waals surface area (Å²) >= 11 is 0. The Kier molecular flexibility index (Phi) is 5.37. The second kappa shape index (κ2) is 6.44. The van der Waals surface area contributed by atoms with Gasteiger partial charge in [-0.05, 0) is 58.3 Å². The first kappa shape index (κ1) is 10.0. The van der Waals surface area contributed by atoms with Gasteiger partial charge in [0.1, 0.15) is 0 Å². The van der Waals surface area contributed by atoms with Crippen molar-refractivity contribution in [2.24, 2.45) is 5.92 Å². The van der Waals surface area contributed by atoms with E-state index >= 15 is 0 Å². The normalized spacial score (nSPS) is 24.2. The van der Waals surface area contributed by atoms with E-state index in [1.54, 1.807) is 0 Å². The van der Waals surface area contributed by atoms with Crippen LogP contribution in [0.25, 0.3) is 0 Å². The summed E-state index contributed by atoms with van der Waals surface area (Å²) in [4.78, 5) is 0. The van der Waals surface area contributed by atoms with E-state index in [0.717, 1.165) is 5.92 Å². The Bertz CT molecular complexity index is 98.0. The second-order valence-corrected chi connectivity index (χ2v) is 3.81. The number of hydrogen-bond acceptors (Lipinski definition) is 2. The average molecular weight is 170 g/mol. The van der Waals surface area contributed by atoms with Crippen molar-refractivity contribution in [1.82, 2.24) is 10.6 Å². The number of piperidine rings is 1. The van der Waals surface area contributed by atoms with Gasteiger partial charge in [0.25, 0.3) is 0 Å². The zero-order valence-corrected chi connectivity index (χ0v) is 8.23. The first-order valence-electron chi connectivity index (χ1n) is 5.29. The van der Waals surface area contributed by atoms with Crippen LogP contribution in [0, 0.1) is 5.92 Å². The molecule has 0 aromatic heterocycles. The molecule has 0 amide bonds. The van der Waals surface area contributed by atoms with Gasteiger partial charge in [0, 0.05) is 0 Å². The molecule has 1 heterocycles. The summed E-state index contributed by atoms with van der Waals surface area (Å²) in [6, 6.07) is 0. The minimum Gasteiger partial charge on any atom is -0.320 e. The summed E-state index contributed by atoms with van der Waals surface area (Å²) in [5.41, 5.74) is 0. The van der Waals surface area contributed by atoms with Gasteiger partial charge in [-0.3, -0.25) is 0 Å². The van der Waals surface area contributed by atoms with E-state index in [1.165, 1.54) is 51.7 Å². The average Bonchev–Trinajstić information content (AvgIpc) is 2.14. The molecule has 0 radical (unpaired) electrons. The van der Waals surface area contributed by atoms with Crippen LogP contribution in [-0.4, -0.2) is 26.7 Å². The van der Waals surface area contributed by atoms with Crippen LogP contribution in [0.15, 0.2) is 0 Å². The maximum atomic E-state index is 3.46. The summed E-state index contributed by atoms with van der Waals surface area (Å²) < 4.78 is 0. The predicted octanol–water partition coefficient (Wildman–Crippen LogP) is 1.38. The van der Waals surface area contributed by atoms with Crippen LogP contribution in [0.3, 0.4) is 0 Å². The molecule has 0 bridgehead atoms. The minimum atomic E-state index is 0.968. The molecule has 1 aliphatic rings. The lowest BCUT2D eigenvalue weighted by Crippen LogP contribution is -2.29. The number of nitrogens with one attached hydrogen (secondary N) is 2. The largest absolute Gasteiger partial charge is 0.320 e. The molecule has 0 aromatic carbocycles. The Morgan fingerprint density at radius 3 is 3.00 bits per heavy atom. The highest BCUT2D eigenvalue weighted by molar-refractivity contribution is 4.68. The van der Waals surface area contributed by atoms with E-state index in [9.17, 15) is 0 Å². The molecule has 1 saturated heterocycles. The highest BCUT2D eigenvalue weighted by atomic mass is 14.9. The molecule has 0 aromatic rings. The molecule has 2 nitrogen and oxygen atoms in total. The van der Waals surface area contributed by atoms with E-state index in [2.05, 4.69) is 10.6 Å². The van der Waals surface area contributed by atoms with Crippen LogP contribution in [-0.2, 0) is 0 Å². The third kappa shape index (κ3) is 4.07. The molecule has 1 rings (SSSR count). The Labute approximate surface area is 76.1 Å². The van der Waals surface area contributed by atoms with Crippen LogP contribution >= 0.6 is 0 Å². The molecule has 72 valence electrons. The summed E-state index contributed by atoms with van der Waals surface area (Å²) in [6.45, 7) is 3.69. The highest BCUT2D eigenvalue weighted by Gasteiger charge is 2.11. The van der Waals surface area contributed by atoms with Gasteiger partial charge in [0.05, 0.1) is 0 Å². The SMILES string of the molecule is CNCCCCC1CCCNC1. The first-order chi connectivity index (χ1) is 5.93. The van der Waals surface area contributed by atoms with Crippen LogP contribution in [0.5, 0.6) is 0 Å². The lowest BCUT2D eigenvalue weighted by Gasteiger charge is -2.22. The highest BCUT2D eigenvalue weighted by Crippen LogP contribution is 2.16. The van der Waals surface area contributed by atoms with Crippen molar-refractivity contribution in [3.8, 4) is 0 Å². The van der Waals surface area contributed by atoms with Crippen molar-refractivity contribution < 1.29 is 0 Å². The van der Waals surface area contributed by atoms with Gasteiger partial charge < -0.3 is 10.6 Å². The van der Waals surface area contributed by atoms with Gasteiger partial charge in [-0.1, -0.05) is 6.42 Å². The minimum absolute atomic E-state index is 0.968.